The van der Waals surface area contributed by atoms with E-state index >= 15 is 0 Å². The van der Waals surface area contributed by atoms with Crippen LogP contribution in [0.3, 0.4) is 0 Å². The van der Waals surface area contributed by atoms with E-state index in [2.05, 4.69) is 61.1 Å². The lowest BCUT2D eigenvalue weighted by Crippen LogP contribution is -2.38. The second-order valence-corrected chi connectivity index (χ2v) is 6.20. The molecule has 1 aromatic carbocycles. The van der Waals surface area contributed by atoms with Crippen molar-refractivity contribution < 1.29 is 0 Å². The van der Waals surface area contributed by atoms with Crippen LogP contribution in [0.15, 0.2) is 18.2 Å². The maximum Gasteiger partial charge on any atom is 0.0367 e. The fourth-order valence-electron chi connectivity index (χ4n) is 3.32. The predicted molar refractivity (Wildman–Crippen MR) is 92.1 cm³/mol. The van der Waals surface area contributed by atoms with E-state index in [9.17, 15) is 0 Å². The summed E-state index contributed by atoms with van der Waals surface area (Å²) in [6.45, 7) is 12.2. The Kier molecular flexibility index (Phi) is 6.07. The Morgan fingerprint density at radius 1 is 1.33 bits per heavy atom. The van der Waals surface area contributed by atoms with Crippen LogP contribution in [0.5, 0.6) is 0 Å². The molecule has 1 atom stereocenters. The summed E-state index contributed by atoms with van der Waals surface area (Å²) in [5.41, 5.74) is 4.14. The Balaban J connectivity index is 1.99. The van der Waals surface area contributed by atoms with Gasteiger partial charge in [-0.25, -0.2) is 0 Å². The van der Waals surface area contributed by atoms with Gasteiger partial charge in [0.2, 0.25) is 0 Å². The van der Waals surface area contributed by atoms with Gasteiger partial charge >= 0.3 is 0 Å². The van der Waals surface area contributed by atoms with Gasteiger partial charge < -0.3 is 10.2 Å². The van der Waals surface area contributed by atoms with Crippen molar-refractivity contribution in [2.24, 2.45) is 0 Å². The maximum absolute atomic E-state index is 3.41. The number of nitrogens with one attached hydrogen (secondary N) is 1. The van der Waals surface area contributed by atoms with Gasteiger partial charge in [-0.15, -0.1) is 0 Å². The minimum atomic E-state index is 0.724. The van der Waals surface area contributed by atoms with Crippen LogP contribution in [0.1, 0.15) is 37.8 Å². The van der Waals surface area contributed by atoms with Crippen LogP contribution in [0.4, 0.5) is 5.69 Å². The zero-order valence-electron chi connectivity index (χ0n) is 14.2. The van der Waals surface area contributed by atoms with E-state index in [1.165, 1.54) is 42.7 Å². The standard InChI is InChI=1S/C18H31N3/c1-5-19-13-16-9-10-17(12-15(16)3)20(4)14-18-8-7-11-21(18)6-2/h9-10,12,18-19H,5-8,11,13-14H2,1-4H3. The monoisotopic (exact) mass is 289 g/mol. The summed E-state index contributed by atoms with van der Waals surface area (Å²) < 4.78 is 0. The van der Waals surface area contributed by atoms with Crippen molar-refractivity contribution >= 4 is 5.69 Å². The highest BCUT2D eigenvalue weighted by atomic mass is 15.2. The molecule has 1 saturated heterocycles. The smallest absolute Gasteiger partial charge is 0.0367 e. The number of anilines is 1. The highest BCUT2D eigenvalue weighted by Crippen LogP contribution is 2.22. The molecular weight excluding hydrogens is 258 g/mol. The molecule has 21 heavy (non-hydrogen) atoms. The molecule has 3 nitrogen and oxygen atoms in total. The average molecular weight is 289 g/mol. The highest BCUT2D eigenvalue weighted by molar-refractivity contribution is 5.50. The van der Waals surface area contributed by atoms with Crippen molar-refractivity contribution in [3.8, 4) is 0 Å². The van der Waals surface area contributed by atoms with Gasteiger partial charge in [0.1, 0.15) is 0 Å². The molecule has 0 amide bonds. The molecule has 0 spiro atoms. The van der Waals surface area contributed by atoms with E-state index in [0.29, 0.717) is 0 Å². The van der Waals surface area contributed by atoms with Gasteiger partial charge in [-0.2, -0.15) is 0 Å². The first-order valence-electron chi connectivity index (χ1n) is 8.41. The zero-order valence-corrected chi connectivity index (χ0v) is 14.2. The summed E-state index contributed by atoms with van der Waals surface area (Å²) in [6, 6.07) is 7.60. The van der Waals surface area contributed by atoms with Crippen LogP contribution in [-0.4, -0.2) is 44.2 Å². The van der Waals surface area contributed by atoms with Gasteiger partial charge in [-0.05, 0) is 62.7 Å². The minimum absolute atomic E-state index is 0.724. The number of rotatable bonds is 7. The van der Waals surface area contributed by atoms with Gasteiger partial charge in [0.05, 0.1) is 0 Å². The molecule has 0 aliphatic carbocycles. The molecule has 1 aliphatic rings. The molecule has 1 N–H and O–H groups in total. The molecule has 1 aromatic rings. The number of benzene rings is 1. The van der Waals surface area contributed by atoms with Gasteiger partial charge in [0.25, 0.3) is 0 Å². The fraction of sp³-hybridized carbons (Fsp3) is 0.667. The molecule has 118 valence electrons. The quantitative estimate of drug-likeness (QED) is 0.832. The van der Waals surface area contributed by atoms with Crippen molar-refractivity contribution in [2.45, 2.75) is 46.2 Å². The number of hydrogen-bond donors (Lipinski definition) is 1. The van der Waals surface area contributed by atoms with Gasteiger partial charge in [0.15, 0.2) is 0 Å². The van der Waals surface area contributed by atoms with E-state index < -0.39 is 0 Å². The van der Waals surface area contributed by atoms with Gasteiger partial charge in [-0.3, -0.25) is 4.90 Å². The molecule has 0 bridgehead atoms. The molecule has 0 radical (unpaired) electrons. The molecule has 1 fully saturated rings. The second kappa shape index (κ2) is 7.81. The average Bonchev–Trinajstić information content (AvgIpc) is 2.93. The van der Waals surface area contributed by atoms with Crippen molar-refractivity contribution in [3.63, 3.8) is 0 Å². The largest absolute Gasteiger partial charge is 0.373 e. The summed E-state index contributed by atoms with van der Waals surface area (Å²) >= 11 is 0. The number of likely N-dealkylation sites (tertiary alicyclic amines) is 1. The van der Waals surface area contributed by atoms with E-state index in [0.717, 1.165) is 25.7 Å². The lowest BCUT2D eigenvalue weighted by atomic mass is 10.1. The first kappa shape index (κ1) is 16.3. The maximum atomic E-state index is 3.41. The van der Waals surface area contributed by atoms with Crippen molar-refractivity contribution in [1.82, 2.24) is 10.2 Å². The fourth-order valence-corrected chi connectivity index (χ4v) is 3.32. The Labute approximate surface area is 130 Å². The number of likely N-dealkylation sites (N-methyl/N-ethyl adjacent to an activating group) is 2. The lowest BCUT2D eigenvalue weighted by molar-refractivity contribution is 0.270. The van der Waals surface area contributed by atoms with E-state index in [-0.39, 0.29) is 0 Å². The Bertz CT molecular complexity index is 444. The third kappa shape index (κ3) is 4.21. The van der Waals surface area contributed by atoms with Crippen LogP contribution in [0.25, 0.3) is 0 Å². The SMILES string of the molecule is CCNCc1ccc(N(C)CC2CCCN2CC)cc1C. The Hall–Kier alpha value is -1.06. The molecule has 3 heteroatoms. The van der Waals surface area contributed by atoms with E-state index in [4.69, 9.17) is 0 Å². The van der Waals surface area contributed by atoms with Crippen LogP contribution >= 0.6 is 0 Å². The summed E-state index contributed by atoms with van der Waals surface area (Å²) in [6.07, 6.45) is 2.70. The molecule has 1 heterocycles. The third-order valence-corrected chi connectivity index (χ3v) is 4.72. The highest BCUT2D eigenvalue weighted by Gasteiger charge is 2.24. The summed E-state index contributed by atoms with van der Waals surface area (Å²) in [4.78, 5) is 5.03. The summed E-state index contributed by atoms with van der Waals surface area (Å²) in [5.74, 6) is 0. The molecule has 2 rings (SSSR count). The number of aryl methyl sites for hydroxylation is 1. The van der Waals surface area contributed by atoms with Crippen LogP contribution < -0.4 is 10.2 Å². The summed E-state index contributed by atoms with van der Waals surface area (Å²) in [5, 5.41) is 3.41. The first-order valence-corrected chi connectivity index (χ1v) is 8.41. The van der Waals surface area contributed by atoms with Gasteiger partial charge in [0, 0.05) is 31.9 Å². The van der Waals surface area contributed by atoms with Crippen LogP contribution in [0, 0.1) is 6.92 Å². The number of hydrogen-bond acceptors (Lipinski definition) is 3. The topological polar surface area (TPSA) is 18.5 Å². The lowest BCUT2D eigenvalue weighted by Gasteiger charge is -2.29. The number of nitrogens with zero attached hydrogens (tertiary/aromatic N) is 2. The minimum Gasteiger partial charge on any atom is -0.373 e. The van der Waals surface area contributed by atoms with E-state index in [1.807, 2.05) is 0 Å². The molecule has 0 saturated carbocycles. The molecule has 1 unspecified atom stereocenters. The molecular formula is C18H31N3. The predicted octanol–water partition coefficient (Wildman–Crippen LogP) is 3.03. The molecule has 1 aliphatic heterocycles. The normalized spacial score (nSPS) is 19.1. The second-order valence-electron chi connectivity index (χ2n) is 6.20. The van der Waals surface area contributed by atoms with Crippen molar-refractivity contribution in [2.75, 3.05) is 38.1 Å². The van der Waals surface area contributed by atoms with E-state index in [1.54, 1.807) is 0 Å². The van der Waals surface area contributed by atoms with Crippen LogP contribution in [0.2, 0.25) is 0 Å². The van der Waals surface area contributed by atoms with Crippen molar-refractivity contribution in [1.29, 1.82) is 0 Å². The third-order valence-electron chi connectivity index (χ3n) is 4.72. The Morgan fingerprint density at radius 2 is 2.14 bits per heavy atom. The van der Waals surface area contributed by atoms with Gasteiger partial charge in [-0.1, -0.05) is 19.9 Å². The first-order chi connectivity index (χ1) is 10.2. The zero-order chi connectivity index (χ0) is 15.2. The summed E-state index contributed by atoms with van der Waals surface area (Å²) in [7, 11) is 2.23. The molecule has 0 aromatic heterocycles. The van der Waals surface area contributed by atoms with Crippen LogP contribution in [-0.2, 0) is 6.54 Å². The Morgan fingerprint density at radius 3 is 2.81 bits per heavy atom. The van der Waals surface area contributed by atoms with Crippen molar-refractivity contribution in [3.05, 3.63) is 29.3 Å².